The van der Waals surface area contributed by atoms with E-state index in [0.29, 0.717) is 18.3 Å². The molecule has 2 heterocycles. The number of aryl methyl sites for hydroxylation is 1. The van der Waals surface area contributed by atoms with Crippen molar-refractivity contribution in [3.8, 4) is 0 Å². The molecule has 0 fully saturated rings. The number of imidazole rings is 1. The van der Waals surface area contributed by atoms with Crippen molar-refractivity contribution < 1.29 is 4.42 Å². The van der Waals surface area contributed by atoms with Gasteiger partial charge in [0, 0.05) is 9.99 Å². The fourth-order valence-corrected chi connectivity index (χ4v) is 2.83. The molecule has 104 valence electrons. The van der Waals surface area contributed by atoms with Crippen LogP contribution in [-0.2, 0) is 18.8 Å². The summed E-state index contributed by atoms with van der Waals surface area (Å²) in [5, 5.41) is 0. The highest BCUT2D eigenvalue weighted by Crippen LogP contribution is 2.21. The van der Waals surface area contributed by atoms with Crippen LogP contribution in [0.3, 0.4) is 0 Å². The number of fused-ring (bicyclic) bond motifs is 1. The van der Waals surface area contributed by atoms with E-state index < -0.39 is 0 Å². The van der Waals surface area contributed by atoms with Crippen LogP contribution in [0.1, 0.15) is 24.4 Å². The lowest BCUT2D eigenvalue weighted by Crippen LogP contribution is -2.04. The fourth-order valence-electron chi connectivity index (χ4n) is 2.15. The Labute approximate surface area is 135 Å². The topological polar surface area (TPSA) is 43.9 Å². The first-order chi connectivity index (χ1) is 9.71. The van der Waals surface area contributed by atoms with Crippen LogP contribution in [0, 0.1) is 3.57 Å². The Hall–Kier alpha value is -1.08. The fraction of sp³-hybridized carbons (Fsp3) is 0.286. The maximum absolute atomic E-state index is 6.01. The monoisotopic (exact) mass is 401 g/mol. The molecule has 0 N–H and O–H groups in total. The van der Waals surface area contributed by atoms with Gasteiger partial charge in [0.1, 0.15) is 18.1 Å². The number of alkyl halides is 1. The highest BCUT2D eigenvalue weighted by atomic mass is 127. The maximum atomic E-state index is 6.01. The summed E-state index contributed by atoms with van der Waals surface area (Å²) in [6.07, 6.45) is 2.62. The van der Waals surface area contributed by atoms with Crippen LogP contribution >= 0.6 is 34.2 Å². The lowest BCUT2D eigenvalue weighted by Gasteiger charge is -2.04. The summed E-state index contributed by atoms with van der Waals surface area (Å²) in [5.41, 5.74) is 2.01. The van der Waals surface area contributed by atoms with Gasteiger partial charge in [0.25, 0.3) is 0 Å². The van der Waals surface area contributed by atoms with Crippen LogP contribution in [0.25, 0.3) is 11.0 Å². The standard InChI is InChI=1S/C14H13ClIN3O/c1-2-10-7-17-14(20-10)8-19-12-4-3-9(16)5-11(12)18-13(19)6-15/h3-5,7H,2,6,8H2,1H3. The van der Waals surface area contributed by atoms with Crippen molar-refractivity contribution in [3.05, 3.63) is 45.4 Å². The zero-order valence-corrected chi connectivity index (χ0v) is 13.8. The summed E-state index contributed by atoms with van der Waals surface area (Å²) in [4.78, 5) is 8.87. The van der Waals surface area contributed by atoms with Crippen molar-refractivity contribution in [2.45, 2.75) is 25.8 Å². The summed E-state index contributed by atoms with van der Waals surface area (Å²) in [6.45, 7) is 2.60. The molecule has 0 aliphatic carbocycles. The average Bonchev–Trinajstić information content (AvgIpc) is 3.03. The summed E-state index contributed by atoms with van der Waals surface area (Å²) >= 11 is 8.29. The average molecular weight is 402 g/mol. The Morgan fingerprint density at radius 1 is 1.40 bits per heavy atom. The third-order valence-corrected chi connectivity index (χ3v) is 4.06. The van der Waals surface area contributed by atoms with E-state index in [9.17, 15) is 0 Å². The van der Waals surface area contributed by atoms with E-state index in [4.69, 9.17) is 16.0 Å². The first-order valence-corrected chi connectivity index (χ1v) is 7.96. The lowest BCUT2D eigenvalue weighted by molar-refractivity contribution is 0.446. The number of hydrogen-bond acceptors (Lipinski definition) is 3. The first-order valence-electron chi connectivity index (χ1n) is 6.35. The molecule has 4 nitrogen and oxygen atoms in total. The van der Waals surface area contributed by atoms with Crippen LogP contribution in [0.2, 0.25) is 0 Å². The van der Waals surface area contributed by atoms with Gasteiger partial charge in [-0.25, -0.2) is 9.97 Å². The van der Waals surface area contributed by atoms with Gasteiger partial charge in [0.15, 0.2) is 0 Å². The van der Waals surface area contributed by atoms with Crippen molar-refractivity contribution in [2.24, 2.45) is 0 Å². The van der Waals surface area contributed by atoms with Crippen molar-refractivity contribution in [1.29, 1.82) is 0 Å². The van der Waals surface area contributed by atoms with Crippen LogP contribution in [0.4, 0.5) is 0 Å². The summed E-state index contributed by atoms with van der Waals surface area (Å²) < 4.78 is 8.89. The van der Waals surface area contributed by atoms with E-state index >= 15 is 0 Å². The molecule has 0 aliphatic rings. The molecule has 20 heavy (non-hydrogen) atoms. The predicted octanol–water partition coefficient (Wildman–Crippen LogP) is 3.98. The van der Waals surface area contributed by atoms with Crippen LogP contribution in [0.15, 0.2) is 28.8 Å². The van der Waals surface area contributed by atoms with Gasteiger partial charge in [-0.05, 0) is 40.8 Å². The number of oxazole rings is 1. The molecule has 0 bridgehead atoms. The second kappa shape index (κ2) is 5.73. The Morgan fingerprint density at radius 2 is 2.25 bits per heavy atom. The van der Waals surface area contributed by atoms with Crippen molar-refractivity contribution in [2.75, 3.05) is 0 Å². The molecular weight excluding hydrogens is 389 g/mol. The minimum Gasteiger partial charge on any atom is -0.444 e. The van der Waals surface area contributed by atoms with E-state index in [1.807, 2.05) is 6.92 Å². The highest BCUT2D eigenvalue weighted by Gasteiger charge is 2.13. The summed E-state index contributed by atoms with van der Waals surface area (Å²) in [7, 11) is 0. The molecule has 0 saturated carbocycles. The molecule has 0 atom stereocenters. The quantitative estimate of drug-likeness (QED) is 0.491. The maximum Gasteiger partial charge on any atom is 0.214 e. The zero-order valence-electron chi connectivity index (χ0n) is 10.9. The Balaban J connectivity index is 2.04. The molecule has 0 aliphatic heterocycles. The molecule has 0 amide bonds. The number of halogens is 2. The van der Waals surface area contributed by atoms with E-state index in [-0.39, 0.29) is 0 Å². The molecule has 1 aromatic carbocycles. The van der Waals surface area contributed by atoms with Crippen LogP contribution in [-0.4, -0.2) is 14.5 Å². The van der Waals surface area contributed by atoms with Gasteiger partial charge in [-0.1, -0.05) is 6.92 Å². The number of rotatable bonds is 4. The van der Waals surface area contributed by atoms with E-state index in [0.717, 1.165) is 32.6 Å². The normalized spacial score (nSPS) is 11.3. The Kier molecular flexibility index (Phi) is 3.98. The molecule has 3 aromatic rings. The predicted molar refractivity (Wildman–Crippen MR) is 87.0 cm³/mol. The van der Waals surface area contributed by atoms with Crippen LogP contribution < -0.4 is 0 Å². The van der Waals surface area contributed by atoms with E-state index in [2.05, 4.69) is 55.3 Å². The highest BCUT2D eigenvalue weighted by molar-refractivity contribution is 14.1. The molecule has 2 aromatic heterocycles. The first kappa shape index (κ1) is 13.9. The number of benzene rings is 1. The van der Waals surface area contributed by atoms with Crippen molar-refractivity contribution in [3.63, 3.8) is 0 Å². The Morgan fingerprint density at radius 3 is 2.95 bits per heavy atom. The number of hydrogen-bond donors (Lipinski definition) is 0. The largest absolute Gasteiger partial charge is 0.444 e. The summed E-state index contributed by atoms with van der Waals surface area (Å²) in [5.74, 6) is 2.78. The zero-order chi connectivity index (χ0) is 14.1. The van der Waals surface area contributed by atoms with Gasteiger partial charge in [-0.3, -0.25) is 0 Å². The smallest absolute Gasteiger partial charge is 0.214 e. The minimum atomic E-state index is 0.368. The number of nitrogens with zero attached hydrogens (tertiary/aromatic N) is 3. The molecule has 3 rings (SSSR count). The third kappa shape index (κ3) is 2.56. The molecule has 0 radical (unpaired) electrons. The van der Waals surface area contributed by atoms with Crippen LogP contribution in [0.5, 0.6) is 0 Å². The molecule has 0 unspecified atom stereocenters. The van der Waals surface area contributed by atoms with Gasteiger partial charge in [-0.15, -0.1) is 11.6 Å². The van der Waals surface area contributed by atoms with E-state index in [1.54, 1.807) is 6.20 Å². The molecule has 0 saturated heterocycles. The third-order valence-electron chi connectivity index (χ3n) is 3.15. The minimum absolute atomic E-state index is 0.368. The molecule has 0 spiro atoms. The van der Waals surface area contributed by atoms with Gasteiger partial charge in [-0.2, -0.15) is 0 Å². The van der Waals surface area contributed by atoms with Gasteiger partial charge >= 0.3 is 0 Å². The van der Waals surface area contributed by atoms with Crippen molar-refractivity contribution >= 4 is 45.2 Å². The van der Waals surface area contributed by atoms with Gasteiger partial charge < -0.3 is 8.98 Å². The second-order valence-corrected chi connectivity index (χ2v) is 5.97. The van der Waals surface area contributed by atoms with E-state index in [1.165, 1.54) is 0 Å². The SMILES string of the molecule is CCc1cnc(Cn2c(CCl)nc3cc(I)ccc32)o1. The molecule has 6 heteroatoms. The molecular formula is C14H13ClIN3O. The second-order valence-electron chi connectivity index (χ2n) is 4.45. The lowest BCUT2D eigenvalue weighted by atomic mass is 10.3. The van der Waals surface area contributed by atoms with Crippen molar-refractivity contribution in [1.82, 2.24) is 14.5 Å². The van der Waals surface area contributed by atoms with Gasteiger partial charge in [0.05, 0.1) is 23.1 Å². The van der Waals surface area contributed by atoms with Gasteiger partial charge in [0.2, 0.25) is 5.89 Å². The summed E-state index contributed by atoms with van der Waals surface area (Å²) in [6, 6.07) is 6.17. The number of aromatic nitrogens is 3. The Bertz CT molecular complexity index is 750.